The Bertz CT molecular complexity index is 1000. The molecule has 1 aliphatic carbocycles. The van der Waals surface area contributed by atoms with E-state index in [4.69, 9.17) is 4.74 Å². The zero-order chi connectivity index (χ0) is 23.7. The number of rotatable bonds is 9. The highest BCUT2D eigenvalue weighted by atomic mass is 32.2. The maximum Gasteiger partial charge on any atom is 0.241 e. The maximum absolute atomic E-state index is 13.3. The van der Waals surface area contributed by atoms with Gasteiger partial charge in [-0.15, -0.1) is 0 Å². The molecule has 0 aromatic heterocycles. The predicted octanol–water partition coefficient (Wildman–Crippen LogP) is 4.51. The maximum atomic E-state index is 13.3. The van der Waals surface area contributed by atoms with E-state index < -0.39 is 16.1 Å². The van der Waals surface area contributed by atoms with Crippen LogP contribution in [0, 0.1) is 6.92 Å². The van der Waals surface area contributed by atoms with Crippen molar-refractivity contribution in [3.8, 4) is 5.75 Å². The van der Waals surface area contributed by atoms with Crippen molar-refractivity contribution in [2.75, 3.05) is 6.61 Å². The van der Waals surface area contributed by atoms with Crippen molar-refractivity contribution in [3.05, 3.63) is 59.7 Å². The zero-order valence-corrected chi connectivity index (χ0v) is 20.5. The molecule has 0 bridgehead atoms. The molecule has 1 fully saturated rings. The molecule has 3 rings (SSSR count). The van der Waals surface area contributed by atoms with Gasteiger partial charge in [-0.3, -0.25) is 4.79 Å². The standard InChI is InChI=1S/C26H36N2O4S/c1-3-32-25-17-16-23(18-20(25)2)33(30,31)28-24(19-21-12-8-7-9-13-21)26(29)27-22-14-10-5-4-6-11-15-22/h7-9,12-13,16-18,22,24,28H,3-6,10-11,14-15,19H2,1-2H3,(H,27,29)/t24-/m1/s1. The molecule has 33 heavy (non-hydrogen) atoms. The molecule has 1 atom stereocenters. The summed E-state index contributed by atoms with van der Waals surface area (Å²) in [6.45, 7) is 4.20. The summed E-state index contributed by atoms with van der Waals surface area (Å²) in [5.74, 6) is 0.384. The van der Waals surface area contributed by atoms with Crippen molar-refractivity contribution in [2.24, 2.45) is 0 Å². The average Bonchev–Trinajstić information content (AvgIpc) is 2.77. The molecule has 7 heteroatoms. The second-order valence-corrected chi connectivity index (χ2v) is 10.5. The first-order valence-electron chi connectivity index (χ1n) is 12.0. The van der Waals surface area contributed by atoms with Gasteiger partial charge < -0.3 is 10.1 Å². The lowest BCUT2D eigenvalue weighted by Gasteiger charge is -2.25. The number of ether oxygens (including phenoxy) is 1. The quantitative estimate of drug-likeness (QED) is 0.562. The van der Waals surface area contributed by atoms with Crippen molar-refractivity contribution >= 4 is 15.9 Å². The van der Waals surface area contributed by atoms with E-state index in [2.05, 4.69) is 10.0 Å². The Kier molecular flexibility index (Phi) is 9.32. The molecule has 0 spiro atoms. The second-order valence-electron chi connectivity index (χ2n) is 8.77. The summed E-state index contributed by atoms with van der Waals surface area (Å²) >= 11 is 0. The third kappa shape index (κ3) is 7.57. The van der Waals surface area contributed by atoms with Gasteiger partial charge in [0.2, 0.25) is 15.9 Å². The molecule has 6 nitrogen and oxygen atoms in total. The van der Waals surface area contributed by atoms with Gasteiger partial charge in [0.05, 0.1) is 11.5 Å². The minimum Gasteiger partial charge on any atom is -0.494 e. The minimum atomic E-state index is -3.90. The third-order valence-corrected chi connectivity index (χ3v) is 7.57. The van der Waals surface area contributed by atoms with Gasteiger partial charge >= 0.3 is 0 Å². The molecular weight excluding hydrogens is 436 g/mol. The first-order chi connectivity index (χ1) is 15.9. The molecule has 180 valence electrons. The van der Waals surface area contributed by atoms with Crippen molar-refractivity contribution < 1.29 is 17.9 Å². The van der Waals surface area contributed by atoms with Crippen LogP contribution in [0.25, 0.3) is 0 Å². The lowest BCUT2D eigenvalue weighted by atomic mass is 9.96. The number of amides is 1. The normalized spacial score (nSPS) is 16.4. The van der Waals surface area contributed by atoms with Gasteiger partial charge in [0.25, 0.3) is 0 Å². The van der Waals surface area contributed by atoms with Crippen LogP contribution in [-0.2, 0) is 21.2 Å². The van der Waals surface area contributed by atoms with Crippen LogP contribution >= 0.6 is 0 Å². The van der Waals surface area contributed by atoms with Crippen LogP contribution in [0.15, 0.2) is 53.4 Å². The topological polar surface area (TPSA) is 84.5 Å². The highest BCUT2D eigenvalue weighted by molar-refractivity contribution is 7.89. The monoisotopic (exact) mass is 472 g/mol. The fourth-order valence-corrected chi connectivity index (χ4v) is 5.58. The third-order valence-electron chi connectivity index (χ3n) is 6.10. The number of sulfonamides is 1. The van der Waals surface area contributed by atoms with E-state index in [0.29, 0.717) is 12.4 Å². The van der Waals surface area contributed by atoms with E-state index in [-0.39, 0.29) is 23.3 Å². The van der Waals surface area contributed by atoms with Gasteiger partial charge in [0.1, 0.15) is 11.8 Å². The summed E-state index contributed by atoms with van der Waals surface area (Å²) in [5, 5.41) is 3.13. The second kappa shape index (κ2) is 12.2. The van der Waals surface area contributed by atoms with E-state index >= 15 is 0 Å². The number of carbonyl (C=O) groups is 1. The average molecular weight is 473 g/mol. The Hall–Kier alpha value is -2.38. The minimum absolute atomic E-state index is 0.0910. The van der Waals surface area contributed by atoms with Crippen LogP contribution in [-0.4, -0.2) is 33.0 Å². The number of hydrogen-bond donors (Lipinski definition) is 2. The molecule has 0 unspecified atom stereocenters. The summed E-state index contributed by atoms with van der Waals surface area (Å²) in [5.41, 5.74) is 1.64. The Morgan fingerprint density at radius 1 is 1.03 bits per heavy atom. The first kappa shape index (κ1) is 25.2. The molecule has 0 heterocycles. The van der Waals surface area contributed by atoms with Crippen LogP contribution in [0.2, 0.25) is 0 Å². The number of hydrogen-bond acceptors (Lipinski definition) is 4. The summed E-state index contributed by atoms with van der Waals surface area (Å²) < 4.78 is 34.6. The SMILES string of the molecule is CCOc1ccc(S(=O)(=O)N[C@H](Cc2ccccc2)C(=O)NC2CCCCCCC2)cc1C. The van der Waals surface area contributed by atoms with E-state index in [1.54, 1.807) is 12.1 Å². The number of benzene rings is 2. The predicted molar refractivity (Wildman–Crippen MR) is 131 cm³/mol. The molecule has 0 radical (unpaired) electrons. The van der Waals surface area contributed by atoms with Gasteiger partial charge in [0.15, 0.2) is 0 Å². The zero-order valence-electron chi connectivity index (χ0n) is 19.7. The van der Waals surface area contributed by atoms with E-state index in [0.717, 1.165) is 36.8 Å². The van der Waals surface area contributed by atoms with E-state index in [1.165, 1.54) is 25.3 Å². The van der Waals surface area contributed by atoms with Crippen LogP contribution in [0.5, 0.6) is 5.75 Å². The highest BCUT2D eigenvalue weighted by Crippen LogP contribution is 2.22. The molecule has 0 saturated heterocycles. The molecule has 0 aliphatic heterocycles. The molecule has 2 aromatic rings. The summed E-state index contributed by atoms with van der Waals surface area (Å²) in [6, 6.07) is 13.5. The lowest BCUT2D eigenvalue weighted by Crippen LogP contribution is -2.50. The van der Waals surface area contributed by atoms with Gasteiger partial charge in [0, 0.05) is 6.04 Å². The van der Waals surface area contributed by atoms with Gasteiger partial charge in [-0.05, 0) is 62.4 Å². The molecule has 2 N–H and O–H groups in total. The molecule has 1 saturated carbocycles. The van der Waals surface area contributed by atoms with Crippen LogP contribution < -0.4 is 14.8 Å². The summed E-state index contributed by atoms with van der Waals surface area (Å²) in [6.07, 6.45) is 7.96. The van der Waals surface area contributed by atoms with Gasteiger partial charge in [-0.1, -0.05) is 62.4 Å². The molecule has 1 aliphatic rings. The van der Waals surface area contributed by atoms with Crippen molar-refractivity contribution in [1.82, 2.24) is 10.0 Å². The number of carbonyl (C=O) groups excluding carboxylic acids is 1. The fourth-order valence-electron chi connectivity index (χ4n) is 4.30. The number of nitrogens with one attached hydrogen (secondary N) is 2. The summed E-state index contributed by atoms with van der Waals surface area (Å²) in [4.78, 5) is 13.4. The molecular formula is C26H36N2O4S. The Balaban J connectivity index is 1.79. The molecule has 2 aromatic carbocycles. The Labute approximate surface area is 198 Å². The van der Waals surface area contributed by atoms with Crippen LogP contribution in [0.3, 0.4) is 0 Å². The Morgan fingerprint density at radius 3 is 2.33 bits per heavy atom. The van der Waals surface area contributed by atoms with Crippen molar-refractivity contribution in [3.63, 3.8) is 0 Å². The highest BCUT2D eigenvalue weighted by Gasteiger charge is 2.28. The van der Waals surface area contributed by atoms with Crippen LogP contribution in [0.1, 0.15) is 63.0 Å². The molecule has 1 amide bonds. The van der Waals surface area contributed by atoms with E-state index in [9.17, 15) is 13.2 Å². The Morgan fingerprint density at radius 2 is 1.70 bits per heavy atom. The first-order valence-corrected chi connectivity index (χ1v) is 13.5. The van der Waals surface area contributed by atoms with E-state index in [1.807, 2.05) is 44.2 Å². The summed E-state index contributed by atoms with van der Waals surface area (Å²) in [7, 11) is -3.90. The van der Waals surface area contributed by atoms with Crippen molar-refractivity contribution in [2.45, 2.75) is 82.2 Å². The van der Waals surface area contributed by atoms with Gasteiger partial charge in [-0.2, -0.15) is 4.72 Å². The smallest absolute Gasteiger partial charge is 0.241 e. The van der Waals surface area contributed by atoms with Gasteiger partial charge in [-0.25, -0.2) is 8.42 Å². The van der Waals surface area contributed by atoms with Crippen LogP contribution in [0.4, 0.5) is 0 Å². The lowest BCUT2D eigenvalue weighted by molar-refractivity contribution is -0.123. The number of aryl methyl sites for hydroxylation is 1. The van der Waals surface area contributed by atoms with Crippen molar-refractivity contribution in [1.29, 1.82) is 0 Å². The fraction of sp³-hybridized carbons (Fsp3) is 0.500. The largest absolute Gasteiger partial charge is 0.494 e.